The Labute approximate surface area is 131 Å². The molecule has 0 aromatic carbocycles. The lowest BCUT2D eigenvalue weighted by Gasteiger charge is -2.22. The quantitative estimate of drug-likeness (QED) is 0.542. The fourth-order valence-corrected chi connectivity index (χ4v) is 3.70. The first kappa shape index (κ1) is 16.2. The zero-order valence-electron chi connectivity index (χ0n) is 13.0. The van der Waals surface area contributed by atoms with E-state index in [-0.39, 0.29) is 11.9 Å². The van der Waals surface area contributed by atoms with Crippen LogP contribution in [0.15, 0.2) is 29.7 Å². The molecule has 1 aliphatic rings. The topological polar surface area (TPSA) is 29.5 Å². The van der Waals surface area contributed by atoms with Gasteiger partial charge in [0, 0.05) is 11.4 Å². The van der Waals surface area contributed by atoms with Gasteiger partial charge in [0.25, 0.3) is 0 Å². The molecule has 0 amide bonds. The highest BCUT2D eigenvalue weighted by atomic mass is 32.1. The second-order valence-electron chi connectivity index (χ2n) is 5.36. The fourth-order valence-electron chi connectivity index (χ4n) is 2.81. The summed E-state index contributed by atoms with van der Waals surface area (Å²) in [5.74, 6) is 0.103. The van der Waals surface area contributed by atoms with Crippen LogP contribution in [-0.4, -0.2) is 37.1 Å². The van der Waals surface area contributed by atoms with E-state index in [1.807, 2.05) is 17.5 Å². The Morgan fingerprint density at radius 1 is 1.48 bits per heavy atom. The highest BCUT2D eigenvalue weighted by Gasteiger charge is 2.31. The lowest BCUT2D eigenvalue weighted by molar-refractivity contribution is -0.146. The molecule has 0 unspecified atom stereocenters. The van der Waals surface area contributed by atoms with Gasteiger partial charge in [-0.05, 0) is 43.3 Å². The normalized spacial score (nSPS) is 19.1. The van der Waals surface area contributed by atoms with Crippen LogP contribution in [0.2, 0.25) is 0 Å². The highest BCUT2D eigenvalue weighted by Crippen LogP contribution is 2.36. The van der Waals surface area contributed by atoms with Crippen molar-refractivity contribution in [2.45, 2.75) is 32.6 Å². The predicted molar refractivity (Wildman–Crippen MR) is 87.7 cm³/mol. The number of likely N-dealkylation sites (N-methyl/N-ethyl adjacent to an activating group) is 1. The molecule has 1 heterocycles. The maximum absolute atomic E-state index is 12.5. The van der Waals surface area contributed by atoms with Crippen molar-refractivity contribution in [1.82, 2.24) is 4.90 Å². The SMILES string of the molecule is CCN(CC)CCOC(=O)[C@H](c1cccs1)[C@@H]1C=CCC1. The molecule has 0 saturated heterocycles. The van der Waals surface area contributed by atoms with Crippen molar-refractivity contribution in [2.24, 2.45) is 5.92 Å². The number of allylic oxidation sites excluding steroid dienone is 2. The van der Waals surface area contributed by atoms with Crippen LogP contribution in [0.1, 0.15) is 37.5 Å². The van der Waals surface area contributed by atoms with Crippen molar-refractivity contribution in [2.75, 3.05) is 26.2 Å². The van der Waals surface area contributed by atoms with Gasteiger partial charge in [-0.25, -0.2) is 0 Å². The van der Waals surface area contributed by atoms with Crippen LogP contribution >= 0.6 is 11.3 Å². The van der Waals surface area contributed by atoms with E-state index in [0.717, 1.165) is 37.4 Å². The number of rotatable bonds is 8. The minimum absolute atomic E-state index is 0.0684. The zero-order chi connectivity index (χ0) is 15.1. The molecule has 0 spiro atoms. The summed E-state index contributed by atoms with van der Waals surface area (Å²) >= 11 is 1.65. The molecule has 116 valence electrons. The Morgan fingerprint density at radius 3 is 2.86 bits per heavy atom. The molecule has 0 fully saturated rings. The Balaban J connectivity index is 1.94. The first-order valence-corrected chi connectivity index (χ1v) is 8.73. The van der Waals surface area contributed by atoms with Gasteiger partial charge in [0.15, 0.2) is 0 Å². The van der Waals surface area contributed by atoms with E-state index in [1.54, 1.807) is 11.3 Å². The summed E-state index contributed by atoms with van der Waals surface area (Å²) in [6.07, 6.45) is 6.47. The molecule has 4 heteroatoms. The van der Waals surface area contributed by atoms with Crippen molar-refractivity contribution >= 4 is 17.3 Å². The molecule has 21 heavy (non-hydrogen) atoms. The minimum atomic E-state index is -0.125. The molecule has 2 rings (SSSR count). The van der Waals surface area contributed by atoms with E-state index in [1.165, 1.54) is 0 Å². The smallest absolute Gasteiger partial charge is 0.314 e. The molecular formula is C17H25NO2S. The van der Waals surface area contributed by atoms with Gasteiger partial charge in [-0.2, -0.15) is 0 Å². The molecule has 0 N–H and O–H groups in total. The van der Waals surface area contributed by atoms with E-state index in [2.05, 4.69) is 30.9 Å². The number of ether oxygens (including phenoxy) is 1. The summed E-state index contributed by atoms with van der Waals surface area (Å²) in [7, 11) is 0. The minimum Gasteiger partial charge on any atom is -0.464 e. The molecule has 1 aliphatic carbocycles. The van der Waals surface area contributed by atoms with Crippen LogP contribution in [0.3, 0.4) is 0 Å². The number of thiophene rings is 1. The first-order valence-electron chi connectivity index (χ1n) is 7.85. The summed E-state index contributed by atoms with van der Waals surface area (Å²) in [6.45, 7) is 7.54. The maximum Gasteiger partial charge on any atom is 0.314 e. The lowest BCUT2D eigenvalue weighted by Crippen LogP contribution is -2.29. The first-order chi connectivity index (χ1) is 10.3. The molecule has 3 nitrogen and oxygen atoms in total. The average Bonchev–Trinajstić information content (AvgIpc) is 3.18. The summed E-state index contributed by atoms with van der Waals surface area (Å²) in [4.78, 5) is 15.9. The van der Waals surface area contributed by atoms with Crippen LogP contribution in [0.4, 0.5) is 0 Å². The molecule has 0 aliphatic heterocycles. The van der Waals surface area contributed by atoms with Crippen LogP contribution in [0, 0.1) is 5.92 Å². The van der Waals surface area contributed by atoms with Gasteiger partial charge in [-0.15, -0.1) is 11.3 Å². The Hall–Kier alpha value is -1.13. The van der Waals surface area contributed by atoms with Crippen molar-refractivity contribution in [3.8, 4) is 0 Å². The molecule has 0 radical (unpaired) electrons. The van der Waals surface area contributed by atoms with E-state index >= 15 is 0 Å². The van der Waals surface area contributed by atoms with Crippen molar-refractivity contribution in [1.29, 1.82) is 0 Å². The van der Waals surface area contributed by atoms with Crippen LogP contribution in [0.25, 0.3) is 0 Å². The molecule has 1 aromatic rings. The van der Waals surface area contributed by atoms with Gasteiger partial charge in [-0.3, -0.25) is 4.79 Å². The monoisotopic (exact) mass is 307 g/mol. The average molecular weight is 307 g/mol. The van der Waals surface area contributed by atoms with E-state index in [9.17, 15) is 4.79 Å². The number of carbonyl (C=O) groups excluding carboxylic acids is 1. The standard InChI is InChI=1S/C17H25NO2S/c1-3-18(4-2)11-12-20-17(19)16(14-8-5-6-9-14)15-10-7-13-21-15/h5,7-8,10,13-14,16H,3-4,6,9,11-12H2,1-2H3/t14-,16+/m1/s1. The van der Waals surface area contributed by atoms with Gasteiger partial charge in [0.05, 0.1) is 5.92 Å². The van der Waals surface area contributed by atoms with Gasteiger partial charge in [0.2, 0.25) is 0 Å². The molecule has 1 aromatic heterocycles. The summed E-state index contributed by atoms with van der Waals surface area (Å²) < 4.78 is 5.57. The fraction of sp³-hybridized carbons (Fsp3) is 0.588. The number of carbonyl (C=O) groups is 1. The van der Waals surface area contributed by atoms with Crippen molar-refractivity contribution < 1.29 is 9.53 Å². The Morgan fingerprint density at radius 2 is 2.29 bits per heavy atom. The van der Waals surface area contributed by atoms with Crippen LogP contribution in [0.5, 0.6) is 0 Å². The molecular weight excluding hydrogens is 282 g/mol. The zero-order valence-corrected chi connectivity index (χ0v) is 13.8. The largest absolute Gasteiger partial charge is 0.464 e. The number of hydrogen-bond donors (Lipinski definition) is 0. The van der Waals surface area contributed by atoms with Crippen LogP contribution in [-0.2, 0) is 9.53 Å². The summed E-state index contributed by atoms with van der Waals surface area (Å²) in [5, 5.41) is 2.03. The van der Waals surface area contributed by atoms with Crippen LogP contribution < -0.4 is 0 Å². The van der Waals surface area contributed by atoms with Crippen molar-refractivity contribution in [3.05, 3.63) is 34.5 Å². The number of hydrogen-bond acceptors (Lipinski definition) is 4. The Bertz CT molecular complexity index is 451. The third-order valence-electron chi connectivity index (χ3n) is 4.13. The number of nitrogens with zero attached hydrogens (tertiary/aromatic N) is 1. The Kier molecular flexibility index (Phi) is 6.46. The highest BCUT2D eigenvalue weighted by molar-refractivity contribution is 7.10. The second-order valence-corrected chi connectivity index (χ2v) is 6.34. The predicted octanol–water partition coefficient (Wildman–Crippen LogP) is 3.68. The molecule has 0 bridgehead atoms. The van der Waals surface area contributed by atoms with Gasteiger partial charge in [-0.1, -0.05) is 32.1 Å². The third kappa shape index (κ3) is 4.42. The molecule has 2 atom stereocenters. The summed E-state index contributed by atoms with van der Waals surface area (Å²) in [5.41, 5.74) is 0. The second kappa shape index (κ2) is 8.35. The third-order valence-corrected chi connectivity index (χ3v) is 5.08. The summed E-state index contributed by atoms with van der Waals surface area (Å²) in [6, 6.07) is 4.06. The number of esters is 1. The van der Waals surface area contributed by atoms with E-state index < -0.39 is 0 Å². The van der Waals surface area contributed by atoms with Gasteiger partial charge >= 0.3 is 5.97 Å². The van der Waals surface area contributed by atoms with Gasteiger partial charge < -0.3 is 9.64 Å². The van der Waals surface area contributed by atoms with E-state index in [0.29, 0.717) is 12.5 Å². The van der Waals surface area contributed by atoms with Crippen molar-refractivity contribution in [3.63, 3.8) is 0 Å². The van der Waals surface area contributed by atoms with Gasteiger partial charge in [0.1, 0.15) is 6.61 Å². The lowest BCUT2D eigenvalue weighted by atomic mass is 9.90. The maximum atomic E-state index is 12.5. The molecule has 0 saturated carbocycles. The van der Waals surface area contributed by atoms with E-state index in [4.69, 9.17) is 4.74 Å².